The first-order valence-corrected chi connectivity index (χ1v) is 4.86. The fourth-order valence-electron chi connectivity index (χ4n) is 1.66. The van der Waals surface area contributed by atoms with Crippen molar-refractivity contribution < 1.29 is 9.90 Å². The van der Waals surface area contributed by atoms with E-state index in [1.54, 1.807) is 16.7 Å². The number of carbonyl (C=O) groups is 1. The fourth-order valence-corrected chi connectivity index (χ4v) is 1.66. The van der Waals surface area contributed by atoms with Crippen LogP contribution in [0, 0.1) is 0 Å². The van der Waals surface area contributed by atoms with Crippen LogP contribution in [-0.2, 0) is 0 Å². The van der Waals surface area contributed by atoms with Crippen molar-refractivity contribution in [1.82, 2.24) is 4.57 Å². The molecule has 1 aromatic carbocycles. The summed E-state index contributed by atoms with van der Waals surface area (Å²) < 4.78 is 1.57. The summed E-state index contributed by atoms with van der Waals surface area (Å²) in [6.07, 6.45) is 1.51. The summed E-state index contributed by atoms with van der Waals surface area (Å²) in [4.78, 5) is 11.0. The van der Waals surface area contributed by atoms with E-state index >= 15 is 0 Å². The number of rotatable bonds is 3. The maximum atomic E-state index is 11.0. The van der Waals surface area contributed by atoms with Gasteiger partial charge >= 0.3 is 5.97 Å². The third kappa shape index (κ3) is 1.63. The smallest absolute Gasteiger partial charge is 0.352 e. The van der Waals surface area contributed by atoms with E-state index in [1.807, 2.05) is 30.3 Å². The molecular weight excluding hydrogens is 202 g/mol. The lowest BCUT2D eigenvalue weighted by Gasteiger charge is -2.05. The quantitative estimate of drug-likeness (QED) is 0.851. The summed E-state index contributed by atoms with van der Waals surface area (Å²) in [6, 6.07) is 13.0. The second-order valence-electron chi connectivity index (χ2n) is 3.33. The summed E-state index contributed by atoms with van der Waals surface area (Å²) >= 11 is 0. The molecule has 0 fully saturated rings. The molecule has 0 saturated carbocycles. The van der Waals surface area contributed by atoms with Gasteiger partial charge in [0.05, 0.1) is 5.69 Å². The lowest BCUT2D eigenvalue weighted by atomic mass is 10.1. The Balaban J connectivity index is 2.59. The third-order valence-corrected chi connectivity index (χ3v) is 2.39. The van der Waals surface area contributed by atoms with E-state index in [1.165, 1.54) is 6.20 Å². The van der Waals surface area contributed by atoms with Crippen LogP contribution in [0.3, 0.4) is 0 Å². The first-order valence-electron chi connectivity index (χ1n) is 4.86. The summed E-state index contributed by atoms with van der Waals surface area (Å²) in [5.74, 6) is -0.956. The van der Waals surface area contributed by atoms with Crippen molar-refractivity contribution >= 4 is 12.2 Å². The molecule has 0 spiro atoms. The molecule has 0 atom stereocenters. The highest BCUT2D eigenvalue weighted by Gasteiger charge is 2.12. The SMILES string of the molecule is C=Cn1c(C(=O)O)ccc1-c1ccccc1. The van der Waals surface area contributed by atoms with E-state index in [-0.39, 0.29) is 5.69 Å². The summed E-state index contributed by atoms with van der Waals surface area (Å²) in [5.41, 5.74) is 2.01. The number of carboxylic acids is 1. The van der Waals surface area contributed by atoms with Crippen molar-refractivity contribution in [3.63, 3.8) is 0 Å². The number of benzene rings is 1. The number of hydrogen-bond donors (Lipinski definition) is 1. The molecule has 0 radical (unpaired) electrons. The Morgan fingerprint density at radius 1 is 1.19 bits per heavy atom. The maximum absolute atomic E-state index is 11.0. The van der Waals surface area contributed by atoms with Gasteiger partial charge < -0.3 is 9.67 Å². The standard InChI is InChI=1S/C13H11NO2/c1-2-14-11(8-9-12(14)13(15)16)10-6-4-3-5-7-10/h2-9H,1H2,(H,15,16). The fraction of sp³-hybridized carbons (Fsp3) is 0. The third-order valence-electron chi connectivity index (χ3n) is 2.39. The summed E-state index contributed by atoms with van der Waals surface area (Å²) in [7, 11) is 0. The Labute approximate surface area is 93.3 Å². The van der Waals surface area contributed by atoms with E-state index < -0.39 is 5.97 Å². The summed E-state index contributed by atoms with van der Waals surface area (Å²) in [6.45, 7) is 3.63. The highest BCUT2D eigenvalue weighted by atomic mass is 16.4. The van der Waals surface area contributed by atoms with Crippen LogP contribution < -0.4 is 0 Å². The van der Waals surface area contributed by atoms with Gasteiger partial charge in [0.25, 0.3) is 0 Å². The van der Waals surface area contributed by atoms with Crippen molar-refractivity contribution in [2.75, 3.05) is 0 Å². The van der Waals surface area contributed by atoms with E-state index in [0.717, 1.165) is 11.3 Å². The van der Waals surface area contributed by atoms with Gasteiger partial charge in [0.2, 0.25) is 0 Å². The molecule has 0 unspecified atom stereocenters. The number of hydrogen-bond acceptors (Lipinski definition) is 1. The van der Waals surface area contributed by atoms with Gasteiger partial charge in [-0.15, -0.1) is 0 Å². The van der Waals surface area contributed by atoms with Crippen LogP contribution in [0.2, 0.25) is 0 Å². The van der Waals surface area contributed by atoms with Crippen molar-refractivity contribution in [3.8, 4) is 11.3 Å². The Bertz CT molecular complexity index is 526. The molecule has 0 amide bonds. The predicted octanol–water partition coefficient (Wildman–Crippen LogP) is 2.95. The van der Waals surface area contributed by atoms with Crippen molar-refractivity contribution in [1.29, 1.82) is 0 Å². The number of aromatic nitrogens is 1. The van der Waals surface area contributed by atoms with Crippen molar-refractivity contribution in [2.45, 2.75) is 0 Å². The van der Waals surface area contributed by atoms with E-state index in [9.17, 15) is 4.79 Å². The van der Waals surface area contributed by atoms with E-state index in [4.69, 9.17) is 5.11 Å². The van der Waals surface area contributed by atoms with Crippen LogP contribution >= 0.6 is 0 Å². The first-order chi connectivity index (χ1) is 7.74. The van der Waals surface area contributed by atoms with E-state index in [2.05, 4.69) is 6.58 Å². The van der Waals surface area contributed by atoms with Crippen molar-refractivity contribution in [3.05, 3.63) is 54.7 Å². The molecule has 80 valence electrons. The lowest BCUT2D eigenvalue weighted by Crippen LogP contribution is -2.03. The number of carboxylic acid groups (broad SMARTS) is 1. The minimum atomic E-state index is -0.956. The van der Waals surface area contributed by atoms with Crippen LogP contribution in [0.5, 0.6) is 0 Å². The van der Waals surface area contributed by atoms with Gasteiger partial charge in [0, 0.05) is 6.20 Å². The molecule has 0 aliphatic rings. The summed E-state index contributed by atoms with van der Waals surface area (Å²) in [5, 5.41) is 8.99. The van der Waals surface area contributed by atoms with Gasteiger partial charge in [0.1, 0.15) is 5.69 Å². The minimum Gasteiger partial charge on any atom is -0.477 e. The Morgan fingerprint density at radius 2 is 1.88 bits per heavy atom. The molecule has 0 saturated heterocycles. The number of nitrogens with zero attached hydrogens (tertiary/aromatic N) is 1. The molecule has 1 aromatic heterocycles. The molecule has 16 heavy (non-hydrogen) atoms. The van der Waals surface area contributed by atoms with Gasteiger partial charge in [-0.2, -0.15) is 0 Å². The highest BCUT2D eigenvalue weighted by molar-refractivity contribution is 5.88. The minimum absolute atomic E-state index is 0.217. The predicted molar refractivity (Wildman–Crippen MR) is 63.2 cm³/mol. The van der Waals surface area contributed by atoms with Crippen LogP contribution in [0.1, 0.15) is 10.5 Å². The van der Waals surface area contributed by atoms with Gasteiger partial charge in [-0.1, -0.05) is 36.9 Å². The Kier molecular flexibility index (Phi) is 2.60. The molecule has 1 heterocycles. The van der Waals surface area contributed by atoms with Crippen LogP contribution in [0.15, 0.2) is 49.0 Å². The molecular formula is C13H11NO2. The van der Waals surface area contributed by atoms with E-state index in [0.29, 0.717) is 0 Å². The molecule has 2 rings (SSSR count). The average molecular weight is 213 g/mol. The average Bonchev–Trinajstić information content (AvgIpc) is 2.73. The van der Waals surface area contributed by atoms with Gasteiger partial charge in [-0.3, -0.25) is 0 Å². The largest absolute Gasteiger partial charge is 0.477 e. The van der Waals surface area contributed by atoms with Gasteiger partial charge in [0.15, 0.2) is 0 Å². The lowest BCUT2D eigenvalue weighted by molar-refractivity contribution is 0.0689. The molecule has 0 aliphatic heterocycles. The Morgan fingerprint density at radius 3 is 2.44 bits per heavy atom. The number of aromatic carboxylic acids is 1. The molecule has 3 nitrogen and oxygen atoms in total. The normalized spacial score (nSPS) is 10.0. The maximum Gasteiger partial charge on any atom is 0.352 e. The van der Waals surface area contributed by atoms with Gasteiger partial charge in [-0.25, -0.2) is 4.79 Å². The topological polar surface area (TPSA) is 42.2 Å². The van der Waals surface area contributed by atoms with Crippen LogP contribution in [-0.4, -0.2) is 15.6 Å². The molecule has 3 heteroatoms. The Hall–Kier alpha value is -2.29. The molecule has 2 aromatic rings. The zero-order valence-corrected chi connectivity index (χ0v) is 8.63. The second-order valence-corrected chi connectivity index (χ2v) is 3.33. The second kappa shape index (κ2) is 4.06. The monoisotopic (exact) mass is 213 g/mol. The van der Waals surface area contributed by atoms with Crippen LogP contribution in [0.25, 0.3) is 17.5 Å². The zero-order chi connectivity index (χ0) is 11.5. The van der Waals surface area contributed by atoms with Gasteiger partial charge in [-0.05, 0) is 17.7 Å². The van der Waals surface area contributed by atoms with Crippen LogP contribution in [0.4, 0.5) is 0 Å². The zero-order valence-electron chi connectivity index (χ0n) is 8.63. The van der Waals surface area contributed by atoms with Crippen molar-refractivity contribution in [2.24, 2.45) is 0 Å². The molecule has 1 N–H and O–H groups in total. The first kappa shape index (κ1) is 10.2. The highest BCUT2D eigenvalue weighted by Crippen LogP contribution is 2.22. The molecule has 0 aliphatic carbocycles. The molecule has 0 bridgehead atoms.